The van der Waals surface area contributed by atoms with Crippen LogP contribution in [0.25, 0.3) is 0 Å². The minimum absolute atomic E-state index is 0.00424. The Morgan fingerprint density at radius 2 is 1.95 bits per heavy atom. The number of rotatable bonds is 5. The van der Waals surface area contributed by atoms with E-state index >= 15 is 0 Å². The summed E-state index contributed by atoms with van der Waals surface area (Å²) in [6.07, 6.45) is 2.00. The molecular formula is C14H21N3O2S. The molecule has 3 amide bonds. The van der Waals surface area contributed by atoms with E-state index < -0.39 is 0 Å². The van der Waals surface area contributed by atoms with Crippen LogP contribution < -0.4 is 10.6 Å². The van der Waals surface area contributed by atoms with Gasteiger partial charge in [-0.05, 0) is 24.8 Å². The van der Waals surface area contributed by atoms with Crippen LogP contribution in [0.4, 0.5) is 4.79 Å². The second-order valence-electron chi connectivity index (χ2n) is 4.58. The van der Waals surface area contributed by atoms with Crippen LogP contribution in [0.15, 0.2) is 29.2 Å². The summed E-state index contributed by atoms with van der Waals surface area (Å²) >= 11 is 1.64. The minimum Gasteiger partial charge on any atom is -0.347 e. The molecule has 0 bridgehead atoms. The number of thioether (sulfide) groups is 1. The van der Waals surface area contributed by atoms with E-state index in [9.17, 15) is 9.59 Å². The van der Waals surface area contributed by atoms with Gasteiger partial charge in [0.2, 0.25) is 5.91 Å². The third-order valence-electron chi connectivity index (χ3n) is 2.85. The molecule has 0 spiro atoms. The van der Waals surface area contributed by atoms with Gasteiger partial charge in [-0.1, -0.05) is 18.2 Å². The molecule has 0 aromatic heterocycles. The van der Waals surface area contributed by atoms with Gasteiger partial charge in [0.25, 0.3) is 0 Å². The molecule has 110 valence electrons. The number of carbonyl (C=O) groups excluding carboxylic acids is 2. The van der Waals surface area contributed by atoms with Crippen LogP contribution in [0.2, 0.25) is 0 Å². The zero-order chi connectivity index (χ0) is 15.1. The van der Waals surface area contributed by atoms with Crippen molar-refractivity contribution in [3.8, 4) is 0 Å². The number of urea groups is 1. The molecule has 0 unspecified atom stereocenters. The van der Waals surface area contributed by atoms with Gasteiger partial charge < -0.3 is 15.5 Å². The van der Waals surface area contributed by atoms with E-state index in [-0.39, 0.29) is 24.5 Å². The fourth-order valence-electron chi connectivity index (χ4n) is 1.66. The number of hydrogen-bond acceptors (Lipinski definition) is 3. The second kappa shape index (κ2) is 7.79. The normalized spacial score (nSPS) is 11.6. The number of likely N-dealkylation sites (N-methyl/N-ethyl adjacent to an activating group) is 1. The summed E-state index contributed by atoms with van der Waals surface area (Å²) in [5.41, 5.74) is 1.06. The molecule has 1 aromatic rings. The first-order valence-electron chi connectivity index (χ1n) is 6.33. The molecule has 0 aliphatic rings. The molecule has 0 aliphatic heterocycles. The van der Waals surface area contributed by atoms with Crippen molar-refractivity contribution in [2.45, 2.75) is 17.9 Å². The summed E-state index contributed by atoms with van der Waals surface area (Å²) < 4.78 is 0. The topological polar surface area (TPSA) is 61.4 Å². The molecule has 1 rings (SSSR count). The van der Waals surface area contributed by atoms with E-state index in [1.54, 1.807) is 25.9 Å². The molecule has 0 saturated heterocycles. The largest absolute Gasteiger partial charge is 0.347 e. The van der Waals surface area contributed by atoms with Crippen LogP contribution in [0.5, 0.6) is 0 Å². The van der Waals surface area contributed by atoms with Crippen LogP contribution in [0.1, 0.15) is 18.5 Å². The smallest absolute Gasteiger partial charge is 0.315 e. The van der Waals surface area contributed by atoms with E-state index in [4.69, 9.17) is 0 Å². The molecule has 5 nitrogen and oxygen atoms in total. The Morgan fingerprint density at radius 1 is 1.30 bits per heavy atom. The third-order valence-corrected chi connectivity index (χ3v) is 3.66. The summed E-state index contributed by atoms with van der Waals surface area (Å²) in [6, 6.07) is 7.46. The second-order valence-corrected chi connectivity index (χ2v) is 5.43. The molecule has 2 N–H and O–H groups in total. The van der Waals surface area contributed by atoms with Crippen molar-refractivity contribution in [1.29, 1.82) is 0 Å². The molecule has 0 saturated carbocycles. The van der Waals surface area contributed by atoms with Crippen molar-refractivity contribution >= 4 is 23.7 Å². The molecule has 1 aromatic carbocycles. The van der Waals surface area contributed by atoms with Crippen molar-refractivity contribution in [1.82, 2.24) is 15.5 Å². The number of amides is 3. The van der Waals surface area contributed by atoms with Gasteiger partial charge in [-0.3, -0.25) is 4.79 Å². The Morgan fingerprint density at radius 3 is 2.55 bits per heavy atom. The van der Waals surface area contributed by atoms with Gasteiger partial charge in [-0.2, -0.15) is 0 Å². The van der Waals surface area contributed by atoms with E-state index in [0.29, 0.717) is 0 Å². The zero-order valence-corrected chi connectivity index (χ0v) is 13.1. The van der Waals surface area contributed by atoms with E-state index in [0.717, 1.165) is 10.5 Å². The van der Waals surface area contributed by atoms with Crippen LogP contribution >= 0.6 is 11.8 Å². The molecule has 6 heteroatoms. The average molecular weight is 295 g/mol. The van der Waals surface area contributed by atoms with Gasteiger partial charge in [-0.15, -0.1) is 11.8 Å². The molecule has 0 heterocycles. The van der Waals surface area contributed by atoms with Gasteiger partial charge in [0, 0.05) is 19.0 Å². The first kappa shape index (κ1) is 16.4. The molecule has 0 aliphatic carbocycles. The van der Waals surface area contributed by atoms with Gasteiger partial charge in [-0.25, -0.2) is 4.79 Å². The van der Waals surface area contributed by atoms with Gasteiger partial charge in [0.15, 0.2) is 0 Å². The highest BCUT2D eigenvalue weighted by Gasteiger charge is 2.13. The Kier molecular flexibility index (Phi) is 6.38. The quantitative estimate of drug-likeness (QED) is 0.815. The van der Waals surface area contributed by atoms with Crippen molar-refractivity contribution in [3.05, 3.63) is 29.8 Å². The predicted octanol–water partition coefficient (Wildman–Crippen LogP) is 1.86. The Bertz CT molecular complexity index is 477. The van der Waals surface area contributed by atoms with Gasteiger partial charge in [0.1, 0.15) is 0 Å². The number of hydrogen-bond donors (Lipinski definition) is 2. The van der Waals surface area contributed by atoms with Gasteiger partial charge in [0.05, 0.1) is 12.6 Å². The summed E-state index contributed by atoms with van der Waals surface area (Å²) in [4.78, 5) is 25.7. The van der Waals surface area contributed by atoms with E-state index in [1.807, 2.05) is 37.4 Å². The fraction of sp³-hybridized carbons (Fsp3) is 0.429. The summed E-state index contributed by atoms with van der Waals surface area (Å²) in [7, 11) is 3.30. The maximum absolute atomic E-state index is 11.8. The Labute approximate surface area is 124 Å². The molecule has 1 atom stereocenters. The molecule has 20 heavy (non-hydrogen) atoms. The van der Waals surface area contributed by atoms with Crippen LogP contribution in [0, 0.1) is 0 Å². The van der Waals surface area contributed by atoms with Crippen LogP contribution in [-0.4, -0.2) is 43.7 Å². The third kappa shape index (κ3) is 4.77. The van der Waals surface area contributed by atoms with Crippen molar-refractivity contribution < 1.29 is 9.59 Å². The Hall–Kier alpha value is -1.69. The monoisotopic (exact) mass is 295 g/mol. The summed E-state index contributed by atoms with van der Waals surface area (Å²) in [5.74, 6) is -0.141. The Balaban J connectivity index is 2.55. The lowest BCUT2D eigenvalue weighted by Crippen LogP contribution is -2.42. The number of carbonyl (C=O) groups is 2. The molecule has 0 radical (unpaired) electrons. The van der Waals surface area contributed by atoms with Crippen molar-refractivity contribution in [2.75, 3.05) is 26.9 Å². The number of nitrogens with one attached hydrogen (secondary N) is 2. The van der Waals surface area contributed by atoms with E-state index in [1.165, 1.54) is 4.90 Å². The lowest BCUT2D eigenvalue weighted by atomic mass is 10.1. The van der Waals surface area contributed by atoms with E-state index in [2.05, 4.69) is 10.6 Å². The number of nitrogens with zero attached hydrogens (tertiary/aromatic N) is 1. The maximum Gasteiger partial charge on any atom is 0.315 e. The lowest BCUT2D eigenvalue weighted by molar-refractivity contribution is -0.127. The van der Waals surface area contributed by atoms with Crippen LogP contribution in [0.3, 0.4) is 0 Å². The average Bonchev–Trinajstić information content (AvgIpc) is 2.44. The number of benzene rings is 1. The van der Waals surface area contributed by atoms with Gasteiger partial charge >= 0.3 is 6.03 Å². The maximum atomic E-state index is 11.8. The summed E-state index contributed by atoms with van der Waals surface area (Å²) in [5, 5.41) is 5.38. The first-order chi connectivity index (χ1) is 9.45. The molecule has 0 fully saturated rings. The predicted molar refractivity (Wildman–Crippen MR) is 81.9 cm³/mol. The van der Waals surface area contributed by atoms with Crippen molar-refractivity contribution in [2.24, 2.45) is 0 Å². The van der Waals surface area contributed by atoms with Crippen molar-refractivity contribution in [3.63, 3.8) is 0 Å². The highest BCUT2D eigenvalue weighted by Crippen LogP contribution is 2.25. The summed E-state index contributed by atoms with van der Waals surface area (Å²) in [6.45, 7) is 1.91. The lowest BCUT2D eigenvalue weighted by Gasteiger charge is -2.18. The van der Waals surface area contributed by atoms with Crippen LogP contribution in [-0.2, 0) is 4.79 Å². The minimum atomic E-state index is -0.344. The highest BCUT2D eigenvalue weighted by molar-refractivity contribution is 7.98. The zero-order valence-electron chi connectivity index (χ0n) is 12.3. The molecular weight excluding hydrogens is 274 g/mol. The standard InChI is InChI=1S/C14H21N3O2S/c1-10(11-7-5-6-8-12(11)20-4)16-14(19)15-9-13(18)17(2)3/h5-8,10H,9H2,1-4H3,(H2,15,16,19)/t10-/m1/s1. The fourth-order valence-corrected chi connectivity index (χ4v) is 2.36. The first-order valence-corrected chi connectivity index (χ1v) is 7.55. The SMILES string of the molecule is CSc1ccccc1[C@@H](C)NC(=O)NCC(=O)N(C)C. The highest BCUT2D eigenvalue weighted by atomic mass is 32.2.